The summed E-state index contributed by atoms with van der Waals surface area (Å²) in [6.07, 6.45) is 4.68. The number of hydrogen-bond donors (Lipinski definition) is 3. The van der Waals surface area contributed by atoms with Crippen molar-refractivity contribution in [1.29, 1.82) is 0 Å². The zero-order valence-corrected chi connectivity index (χ0v) is 22.6. The van der Waals surface area contributed by atoms with E-state index in [1.54, 1.807) is 17.0 Å². The minimum atomic E-state index is -1.01. The summed E-state index contributed by atoms with van der Waals surface area (Å²) in [5.74, 6) is 0.691. The summed E-state index contributed by atoms with van der Waals surface area (Å²) >= 11 is 5.97. The molecule has 1 aromatic heterocycles. The van der Waals surface area contributed by atoms with Crippen LogP contribution in [0, 0.1) is 5.82 Å². The fourth-order valence-corrected chi connectivity index (χ4v) is 5.22. The van der Waals surface area contributed by atoms with Gasteiger partial charge in [0.2, 0.25) is 0 Å². The normalized spacial score (nSPS) is 18.8. The van der Waals surface area contributed by atoms with Gasteiger partial charge in [0, 0.05) is 43.4 Å². The molecular formula is C28H33ClFN5O4. The van der Waals surface area contributed by atoms with Crippen LogP contribution in [0.1, 0.15) is 39.0 Å². The number of amides is 1. The molecule has 5 rings (SSSR count). The average Bonchev–Trinajstić information content (AvgIpc) is 3.45. The maximum Gasteiger partial charge on any atom is 0.251 e. The van der Waals surface area contributed by atoms with E-state index >= 15 is 0 Å². The quantitative estimate of drug-likeness (QED) is 0.354. The largest absolute Gasteiger partial charge is 0.490 e. The van der Waals surface area contributed by atoms with Gasteiger partial charge in [-0.1, -0.05) is 17.7 Å². The number of aliphatic hydroxyl groups is 1. The molecule has 2 aromatic carbocycles. The van der Waals surface area contributed by atoms with Crippen LogP contribution >= 0.6 is 11.6 Å². The van der Waals surface area contributed by atoms with Crippen molar-refractivity contribution < 1.29 is 23.8 Å². The molecule has 3 N–H and O–H groups in total. The molecule has 208 valence electrons. The molecule has 2 saturated heterocycles. The first-order valence-corrected chi connectivity index (χ1v) is 13.8. The molecule has 2 aliphatic rings. The maximum absolute atomic E-state index is 14.6. The highest BCUT2D eigenvalue weighted by Gasteiger charge is 2.27. The summed E-state index contributed by atoms with van der Waals surface area (Å²) in [5.41, 5.74) is 0.813. The van der Waals surface area contributed by atoms with Gasteiger partial charge < -0.3 is 30.1 Å². The lowest BCUT2D eigenvalue weighted by Gasteiger charge is -2.33. The van der Waals surface area contributed by atoms with Crippen molar-refractivity contribution in [2.24, 2.45) is 0 Å². The Balaban J connectivity index is 1.39. The first kappa shape index (κ1) is 27.4. The van der Waals surface area contributed by atoms with E-state index in [1.165, 1.54) is 19.3 Å². The number of fused-ring (bicyclic) bond motifs is 1. The lowest BCUT2D eigenvalue weighted by atomic mass is 10.1. The van der Waals surface area contributed by atoms with E-state index in [4.69, 9.17) is 21.1 Å². The van der Waals surface area contributed by atoms with Crippen molar-refractivity contribution in [3.63, 3.8) is 0 Å². The first-order valence-electron chi connectivity index (χ1n) is 13.4. The Bertz CT molecular complexity index is 1310. The highest BCUT2D eigenvalue weighted by molar-refractivity contribution is 6.31. The minimum absolute atomic E-state index is 0.0137. The molecule has 0 saturated carbocycles. The second kappa shape index (κ2) is 12.3. The summed E-state index contributed by atoms with van der Waals surface area (Å²) < 4.78 is 27.2. The Morgan fingerprint density at radius 1 is 1.26 bits per heavy atom. The lowest BCUT2D eigenvalue weighted by molar-refractivity contribution is -0.141. The number of carbonyl (C=O) groups is 1. The summed E-state index contributed by atoms with van der Waals surface area (Å²) in [7, 11) is 0. The van der Waals surface area contributed by atoms with Crippen molar-refractivity contribution in [1.82, 2.24) is 20.2 Å². The van der Waals surface area contributed by atoms with Gasteiger partial charge in [0.1, 0.15) is 24.4 Å². The van der Waals surface area contributed by atoms with Crippen LogP contribution in [0.4, 0.5) is 15.9 Å². The zero-order chi connectivity index (χ0) is 27.4. The van der Waals surface area contributed by atoms with Gasteiger partial charge in [-0.3, -0.25) is 4.79 Å². The Labute approximate surface area is 231 Å². The number of benzene rings is 2. The van der Waals surface area contributed by atoms with Crippen LogP contribution in [0.15, 0.2) is 36.7 Å². The van der Waals surface area contributed by atoms with E-state index in [1.807, 2.05) is 12.1 Å². The summed E-state index contributed by atoms with van der Waals surface area (Å²) in [6, 6.07) is 8.80. The second-order valence-corrected chi connectivity index (χ2v) is 10.4. The summed E-state index contributed by atoms with van der Waals surface area (Å²) in [4.78, 5) is 22.6. The fraction of sp³-hybridized carbons (Fsp3) is 0.464. The van der Waals surface area contributed by atoms with E-state index in [-0.39, 0.29) is 22.7 Å². The van der Waals surface area contributed by atoms with Crippen LogP contribution in [0.3, 0.4) is 0 Å². The van der Waals surface area contributed by atoms with Crippen molar-refractivity contribution in [3.8, 4) is 11.5 Å². The molecule has 0 aliphatic carbocycles. The minimum Gasteiger partial charge on any atom is -0.490 e. The third-order valence-corrected chi connectivity index (χ3v) is 7.49. The predicted octanol–water partition coefficient (Wildman–Crippen LogP) is 4.44. The highest BCUT2D eigenvalue weighted by atomic mass is 35.5. The van der Waals surface area contributed by atoms with E-state index in [0.29, 0.717) is 66.8 Å². The molecule has 0 bridgehead atoms. The Morgan fingerprint density at radius 2 is 2.08 bits per heavy atom. The smallest absolute Gasteiger partial charge is 0.251 e. The highest BCUT2D eigenvalue weighted by Crippen LogP contribution is 2.37. The molecule has 2 aliphatic heterocycles. The molecular weight excluding hydrogens is 525 g/mol. The first-order chi connectivity index (χ1) is 18.9. The Hall–Kier alpha value is -3.21. The number of carbonyl (C=O) groups excluding carboxylic acids is 1. The number of nitrogens with one attached hydrogen (secondary N) is 2. The van der Waals surface area contributed by atoms with E-state index in [2.05, 4.69) is 20.6 Å². The number of aromatic nitrogens is 2. The van der Waals surface area contributed by atoms with Crippen LogP contribution in [0.2, 0.25) is 5.02 Å². The maximum atomic E-state index is 14.6. The molecule has 0 radical (unpaired) electrons. The third kappa shape index (κ3) is 6.51. The van der Waals surface area contributed by atoms with Crippen LogP contribution in [0.25, 0.3) is 10.9 Å². The fourth-order valence-electron chi connectivity index (χ4n) is 5.05. The lowest BCUT2D eigenvalue weighted by Crippen LogP contribution is -2.45. The van der Waals surface area contributed by atoms with Gasteiger partial charge in [0.05, 0.1) is 22.8 Å². The van der Waals surface area contributed by atoms with Crippen LogP contribution in [0.5, 0.6) is 11.5 Å². The van der Waals surface area contributed by atoms with Crippen molar-refractivity contribution in [2.75, 3.05) is 31.6 Å². The van der Waals surface area contributed by atoms with Crippen molar-refractivity contribution in [2.45, 2.75) is 57.3 Å². The van der Waals surface area contributed by atoms with Gasteiger partial charge in [0.25, 0.3) is 5.91 Å². The molecule has 1 amide bonds. The zero-order valence-electron chi connectivity index (χ0n) is 21.8. The molecule has 9 nitrogen and oxygen atoms in total. The predicted molar refractivity (Wildman–Crippen MR) is 147 cm³/mol. The van der Waals surface area contributed by atoms with Gasteiger partial charge in [-0.2, -0.15) is 0 Å². The molecule has 3 heterocycles. The second-order valence-electron chi connectivity index (χ2n) is 10.0. The van der Waals surface area contributed by atoms with E-state index in [0.717, 1.165) is 25.8 Å². The molecule has 3 aromatic rings. The molecule has 0 spiro atoms. The molecule has 2 atom stereocenters. The van der Waals surface area contributed by atoms with Crippen molar-refractivity contribution >= 4 is 39.9 Å². The van der Waals surface area contributed by atoms with Gasteiger partial charge >= 0.3 is 0 Å². The molecule has 11 heteroatoms. The van der Waals surface area contributed by atoms with Gasteiger partial charge in [-0.05, 0) is 50.9 Å². The number of piperidine rings is 1. The number of ether oxygens (including phenoxy) is 2. The standard InChI is InChI=1S/C28H33ClFN5O4/c1-17(36)28(37)35-11-7-19(8-12-35)39-25-15-23-20(14-24(25)38-13-9-18-4-3-10-31-18)27(33-16-32-23)34-22-6-2-5-21(29)26(22)30/h2,5-6,14-19,31,36H,3-4,7-13H2,1H3,(H,32,33,34). The van der Waals surface area contributed by atoms with E-state index in [9.17, 15) is 14.3 Å². The van der Waals surface area contributed by atoms with E-state index < -0.39 is 11.9 Å². The van der Waals surface area contributed by atoms with Crippen molar-refractivity contribution in [3.05, 3.63) is 47.5 Å². The SMILES string of the molecule is CC(O)C(=O)N1CCC(Oc2cc3ncnc(Nc4cccc(Cl)c4F)c3cc2OCCC2CCCN2)CC1. The molecule has 2 unspecified atom stereocenters. The summed E-state index contributed by atoms with van der Waals surface area (Å²) in [5, 5.41) is 16.8. The Kier molecular flexibility index (Phi) is 8.64. The van der Waals surface area contributed by atoms with Crippen LogP contribution in [-0.4, -0.2) is 70.4 Å². The van der Waals surface area contributed by atoms with Gasteiger partial charge in [0.15, 0.2) is 17.3 Å². The number of halogens is 2. The number of anilines is 2. The molecule has 2 fully saturated rings. The number of rotatable bonds is 9. The Morgan fingerprint density at radius 3 is 2.82 bits per heavy atom. The number of likely N-dealkylation sites (tertiary alicyclic amines) is 1. The third-order valence-electron chi connectivity index (χ3n) is 7.20. The average molecular weight is 558 g/mol. The van der Waals surface area contributed by atoms with Gasteiger partial charge in [-0.15, -0.1) is 0 Å². The van der Waals surface area contributed by atoms with Gasteiger partial charge in [-0.25, -0.2) is 14.4 Å². The topological polar surface area (TPSA) is 109 Å². The number of hydrogen-bond acceptors (Lipinski definition) is 8. The summed E-state index contributed by atoms with van der Waals surface area (Å²) in [6.45, 7) is 4.02. The molecule has 39 heavy (non-hydrogen) atoms. The number of nitrogens with zero attached hydrogens (tertiary/aromatic N) is 3. The number of aliphatic hydroxyl groups excluding tert-OH is 1. The monoisotopic (exact) mass is 557 g/mol. The van der Waals surface area contributed by atoms with Crippen LogP contribution in [-0.2, 0) is 4.79 Å². The van der Waals surface area contributed by atoms with Crippen LogP contribution < -0.4 is 20.1 Å².